The van der Waals surface area contributed by atoms with Gasteiger partial charge in [0.1, 0.15) is 5.92 Å². The van der Waals surface area contributed by atoms with Crippen LogP contribution in [0.5, 0.6) is 0 Å². The van der Waals surface area contributed by atoms with E-state index in [1.807, 2.05) is 32.9 Å². The largest absolute Gasteiger partial charge is 0.294 e. The van der Waals surface area contributed by atoms with Crippen molar-refractivity contribution in [2.24, 2.45) is 0 Å². The summed E-state index contributed by atoms with van der Waals surface area (Å²) in [5.74, 6) is -1.95. The Morgan fingerprint density at radius 3 is 1.50 bits per heavy atom. The Morgan fingerprint density at radius 1 is 0.667 bits per heavy atom. The maximum Gasteiger partial charge on any atom is 0.178 e. The van der Waals surface area contributed by atoms with E-state index in [4.69, 9.17) is 0 Å². The van der Waals surface area contributed by atoms with Crippen LogP contribution in [0.4, 0.5) is 0 Å². The van der Waals surface area contributed by atoms with Crippen LogP contribution in [0.3, 0.4) is 0 Å². The molecule has 0 spiro atoms. The van der Waals surface area contributed by atoms with Crippen LogP contribution in [0.25, 0.3) is 10.8 Å². The molecule has 0 saturated heterocycles. The number of hydrogen-bond acceptors (Lipinski definition) is 4. The van der Waals surface area contributed by atoms with Gasteiger partial charge in [0.05, 0.1) is 0 Å². The van der Waals surface area contributed by atoms with Crippen LogP contribution in [0.15, 0.2) is 48.5 Å². The van der Waals surface area contributed by atoms with Crippen molar-refractivity contribution >= 4 is 33.9 Å². The lowest BCUT2D eigenvalue weighted by atomic mass is 9.75. The number of hydrogen-bond donors (Lipinski definition) is 0. The fourth-order valence-corrected chi connectivity index (χ4v) is 3.98. The first-order valence-electron chi connectivity index (χ1n) is 10.1. The van der Waals surface area contributed by atoms with E-state index < -0.39 is 5.92 Å². The molecule has 0 aliphatic heterocycles. The summed E-state index contributed by atoms with van der Waals surface area (Å²) in [4.78, 5) is 50.9. The maximum absolute atomic E-state index is 13.3. The van der Waals surface area contributed by atoms with Crippen molar-refractivity contribution in [3.8, 4) is 0 Å². The lowest BCUT2D eigenvalue weighted by molar-refractivity contribution is 0.0853. The third-order valence-corrected chi connectivity index (χ3v) is 5.39. The number of aryl methyl sites for hydroxylation is 1. The molecule has 4 rings (SSSR count). The van der Waals surface area contributed by atoms with Crippen molar-refractivity contribution < 1.29 is 19.2 Å². The molecule has 0 unspecified atom stereocenters. The van der Waals surface area contributed by atoms with E-state index >= 15 is 0 Å². The summed E-state index contributed by atoms with van der Waals surface area (Å²) in [6, 6.07) is 13.7. The van der Waals surface area contributed by atoms with Crippen LogP contribution < -0.4 is 0 Å². The monoisotopic (exact) mass is 400 g/mol. The van der Waals surface area contributed by atoms with Gasteiger partial charge in [-0.2, -0.15) is 0 Å². The molecule has 0 heterocycles. The highest BCUT2D eigenvalue weighted by atomic mass is 16.2. The smallest absolute Gasteiger partial charge is 0.178 e. The zero-order valence-corrected chi connectivity index (χ0v) is 17.8. The molecule has 0 amide bonds. The standard InChI is InChI=1S/C24H18O4.C2H6/c1-12-4-6-15(7-5-12)20-23(27)18-10-8-16(13(2)25)21-17(14(3)26)9-11-19(22(18)21)24(20)28;1-2/h4-11,20H,1-3H3;1-2H3. The molecule has 0 bridgehead atoms. The molecular weight excluding hydrogens is 376 g/mol. The van der Waals surface area contributed by atoms with Crippen molar-refractivity contribution in [2.75, 3.05) is 0 Å². The summed E-state index contributed by atoms with van der Waals surface area (Å²) in [5.41, 5.74) is 3.14. The highest BCUT2D eigenvalue weighted by Gasteiger charge is 2.38. The fraction of sp³-hybridized carbons (Fsp3) is 0.231. The number of ketones is 4. The Balaban J connectivity index is 0.00000124. The second kappa shape index (κ2) is 8.15. The quantitative estimate of drug-likeness (QED) is 0.415. The van der Waals surface area contributed by atoms with Gasteiger partial charge in [0.25, 0.3) is 0 Å². The first kappa shape index (κ1) is 21.3. The number of rotatable bonds is 3. The molecule has 0 radical (unpaired) electrons. The molecule has 1 aliphatic rings. The average molecular weight is 400 g/mol. The zero-order chi connectivity index (χ0) is 22.2. The van der Waals surface area contributed by atoms with Crippen LogP contribution in [0.1, 0.15) is 86.2 Å². The lowest BCUT2D eigenvalue weighted by Crippen LogP contribution is -2.28. The number of Topliss-reactive ketones (excluding diaryl/α,β-unsaturated/α-hetero) is 4. The summed E-state index contributed by atoms with van der Waals surface area (Å²) < 4.78 is 0. The molecule has 0 N–H and O–H groups in total. The first-order chi connectivity index (χ1) is 14.3. The fourth-order valence-electron chi connectivity index (χ4n) is 3.98. The predicted octanol–water partition coefficient (Wildman–Crippen LogP) is 5.74. The Kier molecular flexibility index (Phi) is 5.79. The van der Waals surface area contributed by atoms with Crippen molar-refractivity contribution in [2.45, 2.75) is 40.5 Å². The molecule has 1 aliphatic carbocycles. The van der Waals surface area contributed by atoms with Crippen LogP contribution in [-0.2, 0) is 0 Å². The molecule has 3 aromatic rings. The van der Waals surface area contributed by atoms with E-state index in [-0.39, 0.29) is 23.1 Å². The second-order valence-corrected chi connectivity index (χ2v) is 7.26. The third-order valence-electron chi connectivity index (χ3n) is 5.39. The average Bonchev–Trinajstić information content (AvgIpc) is 2.73. The molecule has 0 aromatic heterocycles. The van der Waals surface area contributed by atoms with Crippen molar-refractivity contribution in [3.63, 3.8) is 0 Å². The topological polar surface area (TPSA) is 68.3 Å². The van der Waals surface area contributed by atoms with Gasteiger partial charge in [0.15, 0.2) is 23.1 Å². The van der Waals surface area contributed by atoms with Gasteiger partial charge < -0.3 is 0 Å². The van der Waals surface area contributed by atoms with Crippen LogP contribution in [0, 0.1) is 6.92 Å². The molecule has 152 valence electrons. The van der Waals surface area contributed by atoms with E-state index in [0.717, 1.165) is 5.56 Å². The summed E-state index contributed by atoms with van der Waals surface area (Å²) in [7, 11) is 0. The summed E-state index contributed by atoms with van der Waals surface area (Å²) in [5, 5.41) is 0.817. The molecule has 0 saturated carbocycles. The second-order valence-electron chi connectivity index (χ2n) is 7.26. The van der Waals surface area contributed by atoms with Crippen molar-refractivity contribution in [1.29, 1.82) is 0 Å². The first-order valence-corrected chi connectivity index (χ1v) is 10.1. The summed E-state index contributed by atoms with van der Waals surface area (Å²) in [6.07, 6.45) is 0. The highest BCUT2D eigenvalue weighted by Crippen LogP contribution is 2.39. The molecule has 4 heteroatoms. The summed E-state index contributed by atoms with van der Waals surface area (Å²) in [6.45, 7) is 8.77. The van der Waals surface area contributed by atoms with E-state index in [9.17, 15) is 19.2 Å². The Labute approximate surface area is 175 Å². The van der Waals surface area contributed by atoms with Gasteiger partial charge in [-0.1, -0.05) is 55.8 Å². The number of carbonyl (C=O) groups is 4. The van der Waals surface area contributed by atoms with Gasteiger partial charge >= 0.3 is 0 Å². The predicted molar refractivity (Wildman–Crippen MR) is 118 cm³/mol. The minimum atomic E-state index is -0.914. The molecule has 3 aromatic carbocycles. The van der Waals surface area contributed by atoms with Crippen LogP contribution in [-0.4, -0.2) is 23.1 Å². The van der Waals surface area contributed by atoms with E-state index in [1.54, 1.807) is 36.4 Å². The zero-order valence-electron chi connectivity index (χ0n) is 17.8. The van der Waals surface area contributed by atoms with Crippen LogP contribution >= 0.6 is 0 Å². The Morgan fingerprint density at radius 2 is 1.10 bits per heavy atom. The third kappa shape index (κ3) is 3.28. The lowest BCUT2D eigenvalue weighted by Gasteiger charge is -2.25. The molecule has 30 heavy (non-hydrogen) atoms. The normalized spacial score (nSPS) is 13.1. The van der Waals surface area contributed by atoms with Crippen molar-refractivity contribution in [3.05, 3.63) is 81.9 Å². The van der Waals surface area contributed by atoms with Gasteiger partial charge in [-0.3, -0.25) is 19.2 Å². The van der Waals surface area contributed by atoms with E-state index in [0.29, 0.717) is 38.6 Å². The minimum absolute atomic E-state index is 0.216. The van der Waals surface area contributed by atoms with Gasteiger partial charge in [-0.25, -0.2) is 0 Å². The summed E-state index contributed by atoms with van der Waals surface area (Å²) >= 11 is 0. The van der Waals surface area contributed by atoms with Gasteiger partial charge in [0.2, 0.25) is 0 Å². The molecule has 0 atom stereocenters. The van der Waals surface area contributed by atoms with E-state index in [2.05, 4.69) is 0 Å². The highest BCUT2D eigenvalue weighted by molar-refractivity contribution is 6.34. The molecular formula is C26H24O4. The maximum atomic E-state index is 13.3. The van der Waals surface area contributed by atoms with Gasteiger partial charge in [0, 0.05) is 33.0 Å². The minimum Gasteiger partial charge on any atom is -0.294 e. The SMILES string of the molecule is CC.CC(=O)c1ccc2c3c(ccc(C(C)=O)c13)C(=O)C(c1ccc(C)cc1)C2=O. The molecule has 0 fully saturated rings. The number of benzene rings is 3. The van der Waals surface area contributed by atoms with Gasteiger partial charge in [-0.05, 0) is 38.5 Å². The number of carbonyl (C=O) groups excluding carboxylic acids is 4. The Bertz CT molecular complexity index is 1130. The van der Waals surface area contributed by atoms with Gasteiger partial charge in [-0.15, -0.1) is 0 Å². The van der Waals surface area contributed by atoms with E-state index in [1.165, 1.54) is 13.8 Å². The Hall–Kier alpha value is -3.40. The van der Waals surface area contributed by atoms with Crippen LogP contribution in [0.2, 0.25) is 0 Å². The van der Waals surface area contributed by atoms with Crippen molar-refractivity contribution in [1.82, 2.24) is 0 Å². The molecule has 4 nitrogen and oxygen atoms in total.